The van der Waals surface area contributed by atoms with E-state index in [1.54, 1.807) is 48.5 Å². The van der Waals surface area contributed by atoms with Gasteiger partial charge in [0.25, 0.3) is 0 Å². The zero-order valence-corrected chi connectivity index (χ0v) is 17.6. The highest BCUT2D eigenvalue weighted by Crippen LogP contribution is 2.20. The minimum absolute atomic E-state index is 0.0440. The summed E-state index contributed by atoms with van der Waals surface area (Å²) in [5.74, 6) is -4.89. The Kier molecular flexibility index (Phi) is 8.07. The average molecular weight is 453 g/mol. The first kappa shape index (κ1) is 23.4. The Labute approximate surface area is 189 Å². The first-order valence-corrected chi connectivity index (χ1v) is 10.2. The summed E-state index contributed by atoms with van der Waals surface area (Å²) in [6.07, 6.45) is -0.620. The van der Waals surface area contributed by atoms with Crippen molar-refractivity contribution in [2.24, 2.45) is 5.92 Å². The fraction of sp³-hybridized carbons (Fsp3) is 0.208. The van der Waals surface area contributed by atoms with Crippen molar-refractivity contribution in [3.63, 3.8) is 0 Å². The molecule has 3 aromatic rings. The van der Waals surface area contributed by atoms with Crippen LogP contribution in [0.3, 0.4) is 0 Å². The van der Waals surface area contributed by atoms with Gasteiger partial charge in [0.1, 0.15) is 13.2 Å². The van der Waals surface area contributed by atoms with Crippen molar-refractivity contribution in [1.29, 1.82) is 0 Å². The van der Waals surface area contributed by atoms with Crippen molar-refractivity contribution in [1.82, 2.24) is 4.73 Å². The third-order valence-electron chi connectivity index (χ3n) is 4.64. The third kappa shape index (κ3) is 6.86. The summed E-state index contributed by atoms with van der Waals surface area (Å²) in [4.78, 5) is 42.3. The quantitative estimate of drug-likeness (QED) is 0.355. The second-order valence-corrected chi connectivity index (χ2v) is 7.09. The molecule has 0 atom stereocenters. The van der Waals surface area contributed by atoms with Gasteiger partial charge in [0.15, 0.2) is 5.92 Å². The number of benzene rings is 2. The molecule has 9 nitrogen and oxygen atoms in total. The van der Waals surface area contributed by atoms with E-state index < -0.39 is 35.6 Å². The van der Waals surface area contributed by atoms with Crippen LogP contribution in [0.5, 0.6) is 11.8 Å². The molecular weight excluding hydrogens is 430 g/mol. The van der Waals surface area contributed by atoms with E-state index in [4.69, 9.17) is 14.3 Å². The van der Waals surface area contributed by atoms with E-state index in [0.29, 0.717) is 4.73 Å². The molecule has 0 saturated carbocycles. The van der Waals surface area contributed by atoms with E-state index in [9.17, 15) is 24.6 Å². The molecule has 0 radical (unpaired) electrons. The lowest BCUT2D eigenvalue weighted by Crippen LogP contribution is -2.29. The molecule has 0 aliphatic carbocycles. The molecule has 0 aliphatic rings. The zero-order valence-electron chi connectivity index (χ0n) is 17.6. The predicted molar refractivity (Wildman–Crippen MR) is 115 cm³/mol. The molecule has 0 spiro atoms. The van der Waals surface area contributed by atoms with E-state index in [1.165, 1.54) is 0 Å². The van der Waals surface area contributed by atoms with Crippen molar-refractivity contribution in [3.8, 4) is 11.8 Å². The highest BCUT2D eigenvalue weighted by atomic mass is 16.7. The van der Waals surface area contributed by atoms with E-state index in [0.717, 1.165) is 23.3 Å². The summed E-state index contributed by atoms with van der Waals surface area (Å²) in [5.41, 5.74) is 1.47. The maximum atomic E-state index is 12.6. The number of rotatable bonds is 10. The Balaban J connectivity index is 1.62. The van der Waals surface area contributed by atoms with Gasteiger partial charge in [0, 0.05) is 18.6 Å². The van der Waals surface area contributed by atoms with Gasteiger partial charge in [-0.2, -0.15) is 0 Å². The smallest absolute Gasteiger partial charge is 0.333 e. The lowest BCUT2D eigenvalue weighted by Gasteiger charge is -2.15. The molecule has 33 heavy (non-hydrogen) atoms. The van der Waals surface area contributed by atoms with Crippen LogP contribution in [0.2, 0.25) is 0 Å². The van der Waals surface area contributed by atoms with E-state index in [-0.39, 0.29) is 26.1 Å². The number of nitrogens with zero attached hydrogens (tertiary/aromatic N) is 1. The number of carbonyl (C=O) groups excluding carboxylic acids is 3. The number of esters is 2. The first-order valence-electron chi connectivity index (χ1n) is 10.2. The van der Waals surface area contributed by atoms with Crippen molar-refractivity contribution < 1.29 is 38.9 Å². The fourth-order valence-electron chi connectivity index (χ4n) is 2.90. The summed E-state index contributed by atoms with van der Waals surface area (Å²) in [7, 11) is 0. The monoisotopic (exact) mass is 453 g/mol. The summed E-state index contributed by atoms with van der Waals surface area (Å²) < 4.78 is 11.1. The second-order valence-electron chi connectivity index (χ2n) is 7.09. The van der Waals surface area contributed by atoms with Crippen LogP contribution in [0.25, 0.3) is 0 Å². The molecular formula is C24H23NO8. The van der Waals surface area contributed by atoms with E-state index >= 15 is 0 Å². The molecule has 3 rings (SSSR count). The van der Waals surface area contributed by atoms with Crippen LogP contribution >= 0.6 is 0 Å². The number of hydrogen-bond acceptors (Lipinski definition) is 8. The van der Waals surface area contributed by atoms with Crippen molar-refractivity contribution in [2.75, 3.05) is 0 Å². The van der Waals surface area contributed by atoms with Gasteiger partial charge in [-0.05, 0) is 17.5 Å². The predicted octanol–water partition coefficient (Wildman–Crippen LogP) is 2.74. The molecule has 2 N–H and O–H groups in total. The second kappa shape index (κ2) is 11.4. The summed E-state index contributed by atoms with van der Waals surface area (Å²) in [5, 5.41) is 19.1. The van der Waals surface area contributed by atoms with Crippen molar-refractivity contribution >= 4 is 17.9 Å². The topological polar surface area (TPSA) is 124 Å². The van der Waals surface area contributed by atoms with Gasteiger partial charge >= 0.3 is 17.9 Å². The Bertz CT molecular complexity index is 1000. The van der Waals surface area contributed by atoms with E-state index in [1.807, 2.05) is 12.1 Å². The first-order chi connectivity index (χ1) is 15.9. The minimum atomic E-state index is -1.36. The molecule has 172 valence electrons. The Morgan fingerprint density at radius 1 is 0.727 bits per heavy atom. The Morgan fingerprint density at radius 3 is 1.64 bits per heavy atom. The Morgan fingerprint density at radius 2 is 1.18 bits per heavy atom. The molecule has 0 aliphatic heterocycles. The van der Waals surface area contributed by atoms with Crippen LogP contribution in [0.4, 0.5) is 0 Å². The van der Waals surface area contributed by atoms with Gasteiger partial charge in [-0.15, -0.1) is 4.73 Å². The SMILES string of the molecule is O=C(CCC(C(=O)OCc1ccccc1)C(=O)OCc1ccccc1)On1c(O)ccc1O. The number of ether oxygens (including phenoxy) is 2. The summed E-state index contributed by atoms with van der Waals surface area (Å²) in [6, 6.07) is 20.1. The van der Waals surface area contributed by atoms with Crippen LogP contribution < -0.4 is 4.84 Å². The maximum Gasteiger partial charge on any atom is 0.333 e. The standard InChI is InChI=1S/C24H23NO8/c26-20-12-13-21(27)25(20)33-22(28)14-11-19(23(29)31-15-17-7-3-1-4-8-17)24(30)32-16-18-9-5-2-6-10-18/h1-10,12-13,19,26-27H,11,14-16H2. The largest absolute Gasteiger partial charge is 0.492 e. The molecule has 0 fully saturated rings. The molecule has 0 unspecified atom stereocenters. The normalized spacial score (nSPS) is 10.6. The fourth-order valence-corrected chi connectivity index (χ4v) is 2.90. The van der Waals surface area contributed by atoms with Gasteiger partial charge in [0.05, 0.1) is 0 Å². The number of aromatic nitrogens is 1. The van der Waals surface area contributed by atoms with Gasteiger partial charge < -0.3 is 24.5 Å². The lowest BCUT2D eigenvalue weighted by molar-refractivity contribution is -0.164. The maximum absolute atomic E-state index is 12.6. The molecule has 1 heterocycles. The number of aromatic hydroxyl groups is 2. The van der Waals surface area contributed by atoms with Crippen LogP contribution in [0.1, 0.15) is 24.0 Å². The highest BCUT2D eigenvalue weighted by Gasteiger charge is 2.31. The zero-order chi connectivity index (χ0) is 23.6. The van der Waals surface area contributed by atoms with E-state index in [2.05, 4.69) is 0 Å². The van der Waals surface area contributed by atoms with Crippen LogP contribution in [0.15, 0.2) is 72.8 Å². The van der Waals surface area contributed by atoms with Crippen molar-refractivity contribution in [3.05, 3.63) is 83.9 Å². The molecule has 0 amide bonds. The minimum Gasteiger partial charge on any atom is -0.492 e. The van der Waals surface area contributed by atoms with Crippen LogP contribution in [0, 0.1) is 5.92 Å². The molecule has 0 bridgehead atoms. The van der Waals surface area contributed by atoms with Gasteiger partial charge in [-0.25, -0.2) is 4.79 Å². The van der Waals surface area contributed by atoms with Crippen molar-refractivity contribution in [2.45, 2.75) is 26.1 Å². The van der Waals surface area contributed by atoms with Gasteiger partial charge in [0.2, 0.25) is 11.8 Å². The number of carbonyl (C=O) groups is 3. The molecule has 9 heteroatoms. The lowest BCUT2D eigenvalue weighted by atomic mass is 10.0. The van der Waals surface area contributed by atoms with Crippen LogP contribution in [-0.4, -0.2) is 32.9 Å². The average Bonchev–Trinajstić information content (AvgIpc) is 3.15. The van der Waals surface area contributed by atoms with Gasteiger partial charge in [-0.1, -0.05) is 60.7 Å². The summed E-state index contributed by atoms with van der Waals surface area (Å²) in [6.45, 7) is -0.0879. The Hall–Kier alpha value is -4.27. The molecule has 1 aromatic heterocycles. The summed E-state index contributed by atoms with van der Waals surface area (Å²) >= 11 is 0. The highest BCUT2D eigenvalue weighted by molar-refractivity contribution is 5.95. The van der Waals surface area contributed by atoms with Crippen LogP contribution in [-0.2, 0) is 37.1 Å². The molecule has 0 saturated heterocycles. The third-order valence-corrected chi connectivity index (χ3v) is 4.64. The molecule has 2 aromatic carbocycles. The van der Waals surface area contributed by atoms with Gasteiger partial charge in [-0.3, -0.25) is 9.59 Å². The number of hydrogen-bond donors (Lipinski definition) is 2.